The zero-order valence-electron chi connectivity index (χ0n) is 18.9. The van der Waals surface area contributed by atoms with Crippen LogP contribution in [0.5, 0.6) is 5.75 Å². The first kappa shape index (κ1) is 24.8. The second kappa shape index (κ2) is 9.76. The topological polar surface area (TPSA) is 88.9 Å². The van der Waals surface area contributed by atoms with Gasteiger partial charge in [-0.1, -0.05) is 30.5 Å². The Morgan fingerprint density at radius 2 is 1.86 bits per heavy atom. The average molecular weight is 502 g/mol. The van der Waals surface area contributed by atoms with E-state index in [1.165, 1.54) is 6.07 Å². The van der Waals surface area contributed by atoms with Crippen LogP contribution in [0.25, 0.3) is 22.4 Å². The molecule has 4 rings (SSSR count). The molecule has 1 fully saturated rings. The largest absolute Gasteiger partial charge is 0.507 e. The van der Waals surface area contributed by atoms with Crippen LogP contribution in [0, 0.1) is 11.3 Å². The van der Waals surface area contributed by atoms with Crippen molar-refractivity contribution in [1.82, 2.24) is 10.3 Å². The van der Waals surface area contributed by atoms with Gasteiger partial charge in [-0.15, -0.1) is 0 Å². The summed E-state index contributed by atoms with van der Waals surface area (Å²) in [6.07, 6.45) is -0.398. The van der Waals surface area contributed by atoms with E-state index in [4.69, 9.17) is 11.6 Å². The number of rotatable bonds is 5. The lowest BCUT2D eigenvalue weighted by atomic mass is 9.91. The van der Waals surface area contributed by atoms with Gasteiger partial charge in [-0.3, -0.25) is 4.79 Å². The molecule has 0 atom stereocenters. The van der Waals surface area contributed by atoms with Crippen molar-refractivity contribution in [1.29, 1.82) is 5.26 Å². The molecule has 182 valence electrons. The highest BCUT2D eigenvalue weighted by molar-refractivity contribution is 6.33. The number of phenols is 1. The molecule has 0 bridgehead atoms. The standard InChI is InChI=1S/C26H23ClF3N3O2/c1-32-13-16-8-15(14-4-2-3-5-14)9-20(24(16)34)23-11-18(21(12-31)25(35)33-23)19-10-17(26(28,29)30)6-7-22(19)27/h6-11,14,32,34H,2-5,13H2,1H3,(H,33,35). The van der Waals surface area contributed by atoms with Gasteiger partial charge in [0.2, 0.25) is 0 Å². The molecule has 1 aliphatic carbocycles. The molecule has 5 nitrogen and oxygen atoms in total. The molecule has 1 aromatic heterocycles. The van der Waals surface area contributed by atoms with Gasteiger partial charge in [0.05, 0.1) is 11.3 Å². The Morgan fingerprint density at radius 3 is 2.49 bits per heavy atom. The van der Waals surface area contributed by atoms with Crippen LogP contribution in [-0.4, -0.2) is 17.1 Å². The van der Waals surface area contributed by atoms with Crippen LogP contribution in [0.1, 0.15) is 53.9 Å². The summed E-state index contributed by atoms with van der Waals surface area (Å²) in [4.78, 5) is 15.5. The molecule has 1 aliphatic rings. The molecular formula is C26H23ClF3N3O2. The second-order valence-electron chi connectivity index (χ2n) is 8.69. The highest BCUT2D eigenvalue weighted by Crippen LogP contribution is 2.42. The van der Waals surface area contributed by atoms with E-state index in [-0.39, 0.29) is 33.2 Å². The number of aromatic nitrogens is 1. The van der Waals surface area contributed by atoms with Gasteiger partial charge in [0.25, 0.3) is 5.56 Å². The van der Waals surface area contributed by atoms with E-state index >= 15 is 0 Å². The van der Waals surface area contributed by atoms with Gasteiger partial charge in [-0.2, -0.15) is 18.4 Å². The van der Waals surface area contributed by atoms with Gasteiger partial charge in [0.1, 0.15) is 17.4 Å². The number of benzene rings is 2. The van der Waals surface area contributed by atoms with E-state index in [0.29, 0.717) is 23.6 Å². The van der Waals surface area contributed by atoms with Crippen molar-refractivity contribution in [2.45, 2.75) is 44.3 Å². The van der Waals surface area contributed by atoms with Crippen molar-refractivity contribution < 1.29 is 18.3 Å². The summed E-state index contributed by atoms with van der Waals surface area (Å²) in [6, 6.07) is 9.67. The monoisotopic (exact) mass is 501 g/mol. The van der Waals surface area contributed by atoms with Crippen molar-refractivity contribution in [3.8, 4) is 34.2 Å². The quantitative estimate of drug-likeness (QED) is 0.381. The van der Waals surface area contributed by atoms with E-state index in [0.717, 1.165) is 49.4 Å². The first-order chi connectivity index (χ1) is 16.6. The van der Waals surface area contributed by atoms with Crippen molar-refractivity contribution in [3.05, 3.63) is 74.0 Å². The molecule has 0 spiro atoms. The third-order valence-corrected chi connectivity index (χ3v) is 6.75. The third kappa shape index (κ3) is 4.93. The molecule has 0 saturated heterocycles. The summed E-state index contributed by atoms with van der Waals surface area (Å²) in [5, 5.41) is 23.6. The summed E-state index contributed by atoms with van der Waals surface area (Å²) in [5.74, 6) is 0.259. The SMILES string of the molecule is CNCc1cc(C2CCCC2)cc(-c2cc(-c3cc(C(F)(F)F)ccc3Cl)c(C#N)c(=O)[nH]2)c1O. The van der Waals surface area contributed by atoms with E-state index in [1.54, 1.807) is 19.2 Å². The molecule has 3 aromatic rings. The highest BCUT2D eigenvalue weighted by atomic mass is 35.5. The summed E-state index contributed by atoms with van der Waals surface area (Å²) < 4.78 is 40.1. The molecular weight excluding hydrogens is 479 g/mol. The third-order valence-electron chi connectivity index (χ3n) is 6.42. The van der Waals surface area contributed by atoms with Gasteiger partial charge < -0.3 is 15.4 Å². The number of nitrogens with zero attached hydrogens (tertiary/aromatic N) is 1. The second-order valence-corrected chi connectivity index (χ2v) is 9.10. The van der Waals surface area contributed by atoms with Gasteiger partial charge in [0.15, 0.2) is 0 Å². The van der Waals surface area contributed by atoms with E-state index in [2.05, 4.69) is 10.3 Å². The molecule has 0 amide bonds. The van der Waals surface area contributed by atoms with E-state index in [1.807, 2.05) is 6.07 Å². The molecule has 0 aliphatic heterocycles. The number of pyridine rings is 1. The summed E-state index contributed by atoms with van der Waals surface area (Å²) >= 11 is 6.22. The zero-order chi connectivity index (χ0) is 25.3. The van der Waals surface area contributed by atoms with E-state index < -0.39 is 17.3 Å². The van der Waals surface area contributed by atoms with Crippen LogP contribution in [0.15, 0.2) is 41.2 Å². The number of aromatic hydroxyl groups is 1. The minimum Gasteiger partial charge on any atom is -0.507 e. The number of hydrogen-bond donors (Lipinski definition) is 3. The van der Waals surface area contributed by atoms with Gasteiger partial charge in [-0.25, -0.2) is 0 Å². The maximum Gasteiger partial charge on any atom is 0.416 e. The fourth-order valence-electron chi connectivity index (χ4n) is 4.68. The number of halogens is 4. The summed E-state index contributed by atoms with van der Waals surface area (Å²) in [6.45, 7) is 0.381. The zero-order valence-corrected chi connectivity index (χ0v) is 19.6. The Labute approximate surface area is 205 Å². The van der Waals surface area contributed by atoms with Crippen LogP contribution in [-0.2, 0) is 12.7 Å². The number of hydrogen-bond acceptors (Lipinski definition) is 4. The highest BCUT2D eigenvalue weighted by Gasteiger charge is 2.31. The fourth-order valence-corrected chi connectivity index (χ4v) is 4.90. The first-order valence-electron chi connectivity index (χ1n) is 11.2. The summed E-state index contributed by atoms with van der Waals surface area (Å²) in [5.41, 5.74) is -0.0513. The molecule has 0 radical (unpaired) electrons. The predicted octanol–water partition coefficient (Wildman–Crippen LogP) is 6.34. The Balaban J connectivity index is 1.96. The van der Waals surface area contributed by atoms with Crippen LogP contribution >= 0.6 is 11.6 Å². The van der Waals surface area contributed by atoms with Crippen molar-refractivity contribution in [3.63, 3.8) is 0 Å². The number of nitriles is 1. The Kier molecular flexibility index (Phi) is 6.93. The van der Waals surface area contributed by atoms with Gasteiger partial charge >= 0.3 is 6.18 Å². The molecule has 9 heteroatoms. The maximum atomic E-state index is 13.4. The Morgan fingerprint density at radius 1 is 1.14 bits per heavy atom. The minimum absolute atomic E-state index is 0.0362. The molecule has 1 heterocycles. The van der Waals surface area contributed by atoms with Crippen LogP contribution < -0.4 is 10.9 Å². The van der Waals surface area contributed by atoms with Crippen molar-refractivity contribution in [2.75, 3.05) is 7.05 Å². The Hall–Kier alpha value is -3.28. The van der Waals surface area contributed by atoms with Gasteiger partial charge in [-0.05, 0) is 61.7 Å². The molecule has 0 unspecified atom stereocenters. The number of alkyl halides is 3. The molecule has 1 saturated carbocycles. The Bertz CT molecular complexity index is 1370. The average Bonchev–Trinajstić information content (AvgIpc) is 3.34. The maximum absolute atomic E-state index is 13.4. The van der Waals surface area contributed by atoms with Crippen molar-refractivity contribution >= 4 is 11.6 Å². The number of nitrogens with one attached hydrogen (secondary N) is 2. The number of H-pyrrole nitrogens is 1. The lowest BCUT2D eigenvalue weighted by Gasteiger charge is -2.18. The van der Waals surface area contributed by atoms with Gasteiger partial charge in [0, 0.05) is 33.8 Å². The molecule has 35 heavy (non-hydrogen) atoms. The lowest BCUT2D eigenvalue weighted by Crippen LogP contribution is -2.14. The predicted molar refractivity (Wildman–Crippen MR) is 128 cm³/mol. The fraction of sp³-hybridized carbons (Fsp3) is 0.308. The smallest absolute Gasteiger partial charge is 0.416 e. The minimum atomic E-state index is -4.63. The normalized spacial score (nSPS) is 14.3. The first-order valence-corrected chi connectivity index (χ1v) is 11.6. The van der Waals surface area contributed by atoms with E-state index in [9.17, 15) is 28.3 Å². The molecule has 3 N–H and O–H groups in total. The molecule has 2 aromatic carbocycles. The van der Waals surface area contributed by atoms with Crippen LogP contribution in [0.2, 0.25) is 5.02 Å². The lowest BCUT2D eigenvalue weighted by molar-refractivity contribution is -0.137. The van der Waals surface area contributed by atoms with Crippen molar-refractivity contribution in [2.24, 2.45) is 0 Å². The van der Waals surface area contributed by atoms with Crippen LogP contribution in [0.3, 0.4) is 0 Å². The number of aromatic amines is 1. The van der Waals surface area contributed by atoms with Crippen LogP contribution in [0.4, 0.5) is 13.2 Å². The summed E-state index contributed by atoms with van der Waals surface area (Å²) in [7, 11) is 1.75. The number of phenolic OH excluding ortho intramolecular Hbond substituents is 1.